The van der Waals surface area contributed by atoms with Crippen LogP contribution in [0.5, 0.6) is 0 Å². The average Bonchev–Trinajstić information content (AvgIpc) is 3.14. The molecule has 0 spiro atoms. The summed E-state index contributed by atoms with van der Waals surface area (Å²) in [6.07, 6.45) is -2.23. The van der Waals surface area contributed by atoms with Crippen LogP contribution in [0.15, 0.2) is 24.3 Å². The molecule has 20 heavy (non-hydrogen) atoms. The highest BCUT2D eigenvalue weighted by Gasteiger charge is 2.38. The van der Waals surface area contributed by atoms with E-state index in [2.05, 4.69) is 0 Å². The van der Waals surface area contributed by atoms with Crippen molar-refractivity contribution in [1.29, 1.82) is 0 Å². The van der Waals surface area contributed by atoms with Crippen LogP contribution in [0.3, 0.4) is 0 Å². The summed E-state index contributed by atoms with van der Waals surface area (Å²) in [5.74, 6) is 0.0828. The van der Waals surface area contributed by atoms with Crippen molar-refractivity contribution in [2.45, 2.75) is 31.6 Å². The summed E-state index contributed by atoms with van der Waals surface area (Å²) in [6, 6.07) is 5.65. The molecule has 0 radical (unpaired) electrons. The first-order valence-corrected chi connectivity index (χ1v) is 6.61. The molecule has 0 aromatic heterocycles. The van der Waals surface area contributed by atoms with Gasteiger partial charge in [-0.25, -0.2) is 0 Å². The van der Waals surface area contributed by atoms with Gasteiger partial charge in [0.05, 0.1) is 18.8 Å². The second-order valence-corrected chi connectivity index (χ2v) is 5.42. The van der Waals surface area contributed by atoms with E-state index >= 15 is 0 Å². The number of hydrogen-bond acceptors (Lipinski definition) is 2. The molecule has 2 aliphatic rings. The summed E-state index contributed by atoms with van der Waals surface area (Å²) in [4.78, 5) is 15.5. The smallest absolute Gasteiger partial charge is 0.326 e. The zero-order valence-electron chi connectivity index (χ0n) is 10.9. The quantitative estimate of drug-likeness (QED) is 0.851. The minimum absolute atomic E-state index is 0.0828. The topological polar surface area (TPSA) is 23.6 Å². The van der Waals surface area contributed by atoms with E-state index < -0.39 is 11.7 Å². The minimum Gasteiger partial charge on any atom is -0.326 e. The molecule has 0 bridgehead atoms. The molecular weight excluding hydrogens is 269 g/mol. The first-order valence-electron chi connectivity index (χ1n) is 6.61. The molecule has 1 saturated heterocycles. The van der Waals surface area contributed by atoms with Gasteiger partial charge in [-0.1, -0.05) is 18.2 Å². The van der Waals surface area contributed by atoms with Gasteiger partial charge in [-0.15, -0.1) is 0 Å². The van der Waals surface area contributed by atoms with Crippen molar-refractivity contribution in [2.24, 2.45) is 0 Å². The van der Waals surface area contributed by atoms with Gasteiger partial charge in [0.2, 0.25) is 5.91 Å². The molecule has 1 aromatic carbocycles. The number of benzene rings is 1. The fourth-order valence-corrected chi connectivity index (χ4v) is 2.54. The Kier molecular flexibility index (Phi) is 3.20. The first-order chi connectivity index (χ1) is 9.43. The summed E-state index contributed by atoms with van der Waals surface area (Å²) < 4.78 is 37.9. The Balaban J connectivity index is 1.68. The molecule has 1 aliphatic carbocycles. The van der Waals surface area contributed by atoms with Gasteiger partial charge >= 0.3 is 6.18 Å². The highest BCUT2D eigenvalue weighted by atomic mass is 19.4. The predicted molar refractivity (Wildman–Crippen MR) is 66.6 cm³/mol. The fraction of sp³-hybridized carbons (Fsp3) is 0.500. The zero-order valence-corrected chi connectivity index (χ0v) is 10.9. The third kappa shape index (κ3) is 2.80. The van der Waals surface area contributed by atoms with Crippen LogP contribution in [0, 0.1) is 0 Å². The van der Waals surface area contributed by atoms with E-state index in [1.807, 2.05) is 9.80 Å². The van der Waals surface area contributed by atoms with Gasteiger partial charge in [0.1, 0.15) is 0 Å². The second kappa shape index (κ2) is 4.77. The van der Waals surface area contributed by atoms with E-state index in [9.17, 15) is 18.0 Å². The van der Waals surface area contributed by atoms with Crippen molar-refractivity contribution in [3.63, 3.8) is 0 Å². The van der Waals surface area contributed by atoms with Gasteiger partial charge in [-0.2, -0.15) is 13.2 Å². The summed E-state index contributed by atoms with van der Waals surface area (Å²) in [6.45, 7) is 1.20. The highest BCUT2D eigenvalue weighted by molar-refractivity contribution is 5.80. The van der Waals surface area contributed by atoms with E-state index in [4.69, 9.17) is 0 Å². The molecule has 1 saturated carbocycles. The van der Waals surface area contributed by atoms with Crippen LogP contribution in [-0.4, -0.2) is 35.0 Å². The Morgan fingerprint density at radius 2 is 2.00 bits per heavy atom. The van der Waals surface area contributed by atoms with Gasteiger partial charge < -0.3 is 4.90 Å². The number of carbonyl (C=O) groups is 1. The third-order valence-electron chi connectivity index (χ3n) is 3.68. The lowest BCUT2D eigenvalue weighted by atomic mass is 10.1. The van der Waals surface area contributed by atoms with E-state index in [1.165, 1.54) is 6.07 Å². The Labute approximate surface area is 115 Å². The van der Waals surface area contributed by atoms with E-state index in [-0.39, 0.29) is 5.91 Å². The number of alkyl halides is 3. The summed E-state index contributed by atoms with van der Waals surface area (Å²) in [5, 5.41) is 0. The molecule has 3 rings (SSSR count). The van der Waals surface area contributed by atoms with E-state index in [0.29, 0.717) is 31.4 Å². The lowest BCUT2D eigenvalue weighted by Crippen LogP contribution is -2.29. The molecule has 3 nitrogen and oxygen atoms in total. The van der Waals surface area contributed by atoms with Crippen LogP contribution in [0.25, 0.3) is 0 Å². The van der Waals surface area contributed by atoms with Crippen LogP contribution in [0.2, 0.25) is 0 Å². The van der Waals surface area contributed by atoms with Crippen LogP contribution < -0.4 is 0 Å². The largest absolute Gasteiger partial charge is 0.416 e. The maximum Gasteiger partial charge on any atom is 0.416 e. The second-order valence-electron chi connectivity index (χ2n) is 5.42. The van der Waals surface area contributed by atoms with Crippen LogP contribution in [0.4, 0.5) is 13.2 Å². The maximum absolute atomic E-state index is 12.6. The van der Waals surface area contributed by atoms with Gasteiger partial charge in [-0.05, 0) is 24.5 Å². The van der Waals surface area contributed by atoms with Gasteiger partial charge in [0.15, 0.2) is 0 Å². The molecule has 1 heterocycles. The monoisotopic (exact) mass is 284 g/mol. The molecule has 1 aliphatic heterocycles. The standard InChI is InChI=1S/C14H15F3N2O/c15-14(16,17)11-3-1-2-10(6-11)7-18-8-13(20)19(9-18)12-4-5-12/h1-3,6,12H,4-5,7-9H2. The Morgan fingerprint density at radius 1 is 1.25 bits per heavy atom. The van der Waals surface area contributed by atoms with Gasteiger partial charge in [0.25, 0.3) is 0 Å². The lowest BCUT2D eigenvalue weighted by Gasteiger charge is -2.18. The molecule has 0 atom stereocenters. The van der Waals surface area contributed by atoms with E-state index in [0.717, 1.165) is 25.0 Å². The summed E-state index contributed by atoms with van der Waals surface area (Å²) in [7, 11) is 0. The molecule has 6 heteroatoms. The van der Waals surface area contributed by atoms with Crippen LogP contribution in [0.1, 0.15) is 24.0 Å². The Morgan fingerprint density at radius 3 is 2.65 bits per heavy atom. The molecule has 1 aromatic rings. The summed E-state index contributed by atoms with van der Waals surface area (Å²) >= 11 is 0. The zero-order chi connectivity index (χ0) is 14.3. The number of halogens is 3. The molecule has 2 fully saturated rings. The molecule has 1 amide bonds. The highest BCUT2D eigenvalue weighted by Crippen LogP contribution is 2.31. The van der Waals surface area contributed by atoms with Crippen molar-refractivity contribution in [3.05, 3.63) is 35.4 Å². The van der Waals surface area contributed by atoms with Crippen molar-refractivity contribution in [3.8, 4) is 0 Å². The number of carbonyl (C=O) groups excluding carboxylic acids is 1. The summed E-state index contributed by atoms with van der Waals surface area (Å²) in [5.41, 5.74) is -0.0511. The van der Waals surface area contributed by atoms with Crippen LogP contribution >= 0.6 is 0 Å². The van der Waals surface area contributed by atoms with Crippen molar-refractivity contribution < 1.29 is 18.0 Å². The number of nitrogens with zero attached hydrogens (tertiary/aromatic N) is 2. The third-order valence-corrected chi connectivity index (χ3v) is 3.68. The number of rotatable bonds is 3. The SMILES string of the molecule is O=C1CN(Cc2cccc(C(F)(F)F)c2)CN1C1CC1. The maximum atomic E-state index is 12.6. The first kappa shape index (κ1) is 13.4. The fourth-order valence-electron chi connectivity index (χ4n) is 2.54. The van der Waals surface area contributed by atoms with Gasteiger partial charge in [0, 0.05) is 12.6 Å². The van der Waals surface area contributed by atoms with Crippen molar-refractivity contribution in [2.75, 3.05) is 13.2 Å². The lowest BCUT2D eigenvalue weighted by molar-refractivity contribution is -0.137. The van der Waals surface area contributed by atoms with E-state index in [1.54, 1.807) is 6.07 Å². The van der Waals surface area contributed by atoms with Crippen LogP contribution in [-0.2, 0) is 17.5 Å². The minimum atomic E-state index is -4.32. The Bertz CT molecular complexity index is 525. The normalized spacial score (nSPS) is 20.8. The van der Waals surface area contributed by atoms with Crippen molar-refractivity contribution >= 4 is 5.91 Å². The number of amides is 1. The van der Waals surface area contributed by atoms with Crippen molar-refractivity contribution in [1.82, 2.24) is 9.80 Å². The molecular formula is C14H15F3N2O. The average molecular weight is 284 g/mol. The molecule has 0 N–H and O–H groups in total. The predicted octanol–water partition coefficient (Wildman–Crippen LogP) is 2.47. The Hall–Kier alpha value is -1.56. The number of hydrogen-bond donors (Lipinski definition) is 0. The molecule has 108 valence electrons. The van der Waals surface area contributed by atoms with Gasteiger partial charge in [-0.3, -0.25) is 9.69 Å². The molecule has 0 unspecified atom stereocenters.